The Morgan fingerprint density at radius 1 is 0.962 bits per heavy atom. The van der Waals surface area contributed by atoms with Gasteiger partial charge in [-0.3, -0.25) is 4.79 Å². The first-order valence-corrected chi connectivity index (χ1v) is 9.40. The van der Waals surface area contributed by atoms with E-state index in [-0.39, 0.29) is 28.8 Å². The fraction of sp³-hybridized carbons (Fsp3) is 0.100. The first-order chi connectivity index (χ1) is 12.4. The molecule has 1 aliphatic carbocycles. The maximum absolute atomic E-state index is 12.5. The van der Waals surface area contributed by atoms with Crippen LogP contribution in [0.25, 0.3) is 0 Å². The molecule has 5 nitrogen and oxygen atoms in total. The molecule has 0 saturated heterocycles. The Kier molecular flexibility index (Phi) is 5.14. The van der Waals surface area contributed by atoms with Crippen LogP contribution in [0, 0.1) is 6.92 Å². The first kappa shape index (κ1) is 17.8. The SMILES string of the molecule is Cc1ccc(S(=O)(=O)/N=C2/C=CC(=O)C=C2OCc2ccccc2)cc1. The van der Waals surface area contributed by atoms with E-state index in [0.717, 1.165) is 11.1 Å². The highest BCUT2D eigenvalue weighted by atomic mass is 32.2. The van der Waals surface area contributed by atoms with Crippen molar-refractivity contribution in [3.63, 3.8) is 0 Å². The van der Waals surface area contributed by atoms with Gasteiger partial charge in [-0.05, 0) is 36.8 Å². The minimum Gasteiger partial charge on any atom is -0.486 e. The smallest absolute Gasteiger partial charge is 0.282 e. The summed E-state index contributed by atoms with van der Waals surface area (Å²) < 4.78 is 34.5. The maximum Gasteiger partial charge on any atom is 0.282 e. The number of sulfonamides is 1. The van der Waals surface area contributed by atoms with Gasteiger partial charge in [0.2, 0.25) is 0 Å². The zero-order valence-electron chi connectivity index (χ0n) is 14.1. The predicted molar refractivity (Wildman–Crippen MR) is 99.3 cm³/mol. The van der Waals surface area contributed by atoms with Crippen LogP contribution in [-0.2, 0) is 26.2 Å². The number of nitrogens with zero attached hydrogens (tertiary/aromatic N) is 1. The van der Waals surface area contributed by atoms with Crippen molar-refractivity contribution in [1.29, 1.82) is 0 Å². The average molecular weight is 367 g/mol. The number of hydrogen-bond donors (Lipinski definition) is 0. The first-order valence-electron chi connectivity index (χ1n) is 7.96. The third-order valence-electron chi connectivity index (χ3n) is 3.71. The van der Waals surface area contributed by atoms with Gasteiger partial charge in [0.25, 0.3) is 10.0 Å². The molecular weight excluding hydrogens is 350 g/mol. The Hall–Kier alpha value is -2.99. The van der Waals surface area contributed by atoms with E-state index >= 15 is 0 Å². The third kappa shape index (κ3) is 4.34. The molecule has 0 aliphatic heterocycles. The van der Waals surface area contributed by atoms with E-state index in [1.165, 1.54) is 30.4 Å². The van der Waals surface area contributed by atoms with Crippen LogP contribution in [0.15, 0.2) is 87.9 Å². The molecule has 0 fully saturated rings. The van der Waals surface area contributed by atoms with Gasteiger partial charge in [0, 0.05) is 6.08 Å². The lowest BCUT2D eigenvalue weighted by Gasteiger charge is -2.13. The van der Waals surface area contributed by atoms with Crippen molar-refractivity contribution in [2.24, 2.45) is 4.40 Å². The lowest BCUT2D eigenvalue weighted by atomic mass is 10.1. The maximum atomic E-state index is 12.5. The third-order valence-corrected chi connectivity index (χ3v) is 5.01. The van der Waals surface area contributed by atoms with E-state index in [2.05, 4.69) is 4.40 Å². The van der Waals surface area contributed by atoms with Gasteiger partial charge >= 0.3 is 0 Å². The standard InChI is InChI=1S/C20H17NO4S/c1-15-7-10-18(11-8-15)26(23,24)21-19-12-9-17(22)13-20(19)25-14-16-5-3-2-4-6-16/h2-13H,14H2,1H3/b21-19-. The van der Waals surface area contributed by atoms with E-state index in [9.17, 15) is 13.2 Å². The van der Waals surface area contributed by atoms with E-state index in [1.54, 1.807) is 12.1 Å². The van der Waals surface area contributed by atoms with Crippen molar-refractivity contribution in [2.75, 3.05) is 0 Å². The fourth-order valence-corrected chi connectivity index (χ4v) is 3.31. The number of aryl methyl sites for hydroxylation is 1. The molecule has 132 valence electrons. The molecule has 1 aliphatic rings. The van der Waals surface area contributed by atoms with Gasteiger partial charge < -0.3 is 4.74 Å². The summed E-state index contributed by atoms with van der Waals surface area (Å²) in [4.78, 5) is 11.7. The van der Waals surface area contributed by atoms with Crippen LogP contribution in [0.5, 0.6) is 0 Å². The highest BCUT2D eigenvalue weighted by Gasteiger charge is 2.19. The second-order valence-corrected chi connectivity index (χ2v) is 7.39. The second-order valence-electron chi connectivity index (χ2n) is 5.78. The Morgan fingerprint density at radius 2 is 1.65 bits per heavy atom. The molecule has 2 aromatic rings. The van der Waals surface area contributed by atoms with E-state index in [0.29, 0.717) is 0 Å². The zero-order valence-corrected chi connectivity index (χ0v) is 14.9. The van der Waals surface area contributed by atoms with Crippen LogP contribution in [-0.4, -0.2) is 19.9 Å². The number of ketones is 1. The molecule has 6 heteroatoms. The molecule has 0 heterocycles. The van der Waals surface area contributed by atoms with E-state index in [1.807, 2.05) is 37.3 Å². The molecule has 0 atom stereocenters. The number of carbonyl (C=O) groups is 1. The topological polar surface area (TPSA) is 72.8 Å². The van der Waals surface area contributed by atoms with Crippen molar-refractivity contribution < 1.29 is 17.9 Å². The van der Waals surface area contributed by atoms with Gasteiger partial charge in [0.1, 0.15) is 18.1 Å². The summed E-state index contributed by atoms with van der Waals surface area (Å²) in [6.45, 7) is 2.08. The lowest BCUT2D eigenvalue weighted by molar-refractivity contribution is -0.110. The number of hydrogen-bond acceptors (Lipinski definition) is 4. The number of carbonyl (C=O) groups excluding carboxylic acids is 1. The normalized spacial score (nSPS) is 15.8. The molecule has 2 aromatic carbocycles. The van der Waals surface area contributed by atoms with E-state index < -0.39 is 10.0 Å². The van der Waals surface area contributed by atoms with Gasteiger partial charge in [0.05, 0.1) is 4.90 Å². The molecule has 0 saturated carbocycles. The number of rotatable bonds is 5. The summed E-state index contributed by atoms with van der Waals surface area (Å²) in [5.74, 6) is -0.142. The van der Waals surface area contributed by atoms with Crippen molar-refractivity contribution in [2.45, 2.75) is 18.4 Å². The molecule has 0 N–H and O–H groups in total. The molecule has 26 heavy (non-hydrogen) atoms. The van der Waals surface area contributed by atoms with Crippen LogP contribution in [0.3, 0.4) is 0 Å². The second kappa shape index (κ2) is 7.49. The Labute approximate surface area is 152 Å². The van der Waals surface area contributed by atoms with Crippen molar-refractivity contribution in [3.8, 4) is 0 Å². The average Bonchev–Trinajstić information content (AvgIpc) is 2.63. The van der Waals surface area contributed by atoms with Gasteiger partial charge in [-0.15, -0.1) is 0 Å². The lowest BCUT2D eigenvalue weighted by Crippen LogP contribution is -2.13. The van der Waals surface area contributed by atoms with Crippen LogP contribution >= 0.6 is 0 Å². The van der Waals surface area contributed by atoms with Crippen LogP contribution in [0.2, 0.25) is 0 Å². The van der Waals surface area contributed by atoms with Crippen molar-refractivity contribution in [1.82, 2.24) is 0 Å². The predicted octanol–water partition coefficient (Wildman–Crippen LogP) is 3.36. The molecule has 0 bridgehead atoms. The minimum absolute atomic E-state index is 0.0864. The van der Waals surface area contributed by atoms with Gasteiger partial charge in [-0.25, -0.2) is 0 Å². The fourth-order valence-electron chi connectivity index (χ4n) is 2.31. The van der Waals surface area contributed by atoms with Gasteiger partial charge in [0.15, 0.2) is 5.78 Å². The molecular formula is C20H17NO4S. The van der Waals surface area contributed by atoms with Crippen LogP contribution in [0.1, 0.15) is 11.1 Å². The summed E-state index contributed by atoms with van der Waals surface area (Å²) in [6, 6.07) is 15.8. The van der Waals surface area contributed by atoms with Crippen molar-refractivity contribution >= 4 is 21.5 Å². The van der Waals surface area contributed by atoms with Gasteiger partial charge in [-0.2, -0.15) is 12.8 Å². The minimum atomic E-state index is -3.91. The summed E-state index contributed by atoms with van der Waals surface area (Å²) in [5, 5.41) is 0. The zero-order chi connectivity index (χ0) is 18.6. The number of ether oxygens (including phenoxy) is 1. The molecule has 0 amide bonds. The monoisotopic (exact) mass is 367 g/mol. The van der Waals surface area contributed by atoms with Gasteiger partial charge in [-0.1, -0.05) is 48.0 Å². The molecule has 0 aromatic heterocycles. The highest BCUT2D eigenvalue weighted by Crippen LogP contribution is 2.18. The number of allylic oxidation sites excluding steroid dienone is 3. The van der Waals surface area contributed by atoms with Crippen LogP contribution < -0.4 is 0 Å². The largest absolute Gasteiger partial charge is 0.486 e. The molecule has 0 spiro atoms. The highest BCUT2D eigenvalue weighted by molar-refractivity contribution is 7.90. The Bertz CT molecular complexity index is 1000. The Morgan fingerprint density at radius 3 is 2.35 bits per heavy atom. The summed E-state index contributed by atoms with van der Waals surface area (Å²) in [7, 11) is -3.91. The van der Waals surface area contributed by atoms with Crippen LogP contribution in [0.4, 0.5) is 0 Å². The van der Waals surface area contributed by atoms with Crippen molar-refractivity contribution in [3.05, 3.63) is 89.7 Å². The molecule has 0 unspecified atom stereocenters. The molecule has 3 rings (SSSR count). The van der Waals surface area contributed by atoms with E-state index in [4.69, 9.17) is 4.74 Å². The summed E-state index contributed by atoms with van der Waals surface area (Å²) >= 11 is 0. The summed E-state index contributed by atoms with van der Waals surface area (Å²) in [5.41, 5.74) is 1.95. The number of benzene rings is 2. The molecule has 0 radical (unpaired) electrons. The summed E-state index contributed by atoms with van der Waals surface area (Å²) in [6.07, 6.45) is 3.86. The Balaban J connectivity index is 1.87. The quantitative estimate of drug-likeness (QED) is 0.760.